The number of hydrogen-bond acceptors (Lipinski definition) is 3. The van der Waals surface area contributed by atoms with E-state index >= 15 is 0 Å². The van der Waals surface area contributed by atoms with Gasteiger partial charge in [0.05, 0.1) is 13.2 Å². The molecular formula is C20H19NO3. The lowest BCUT2D eigenvalue weighted by Gasteiger charge is -2.13. The molecule has 1 fully saturated rings. The van der Waals surface area contributed by atoms with E-state index in [9.17, 15) is 9.59 Å². The molecule has 0 bridgehead atoms. The average Bonchev–Trinajstić information content (AvgIpc) is 3.31. The molecular weight excluding hydrogens is 302 g/mol. The van der Waals surface area contributed by atoms with Gasteiger partial charge in [0.2, 0.25) is 0 Å². The van der Waals surface area contributed by atoms with Crippen molar-refractivity contribution in [1.82, 2.24) is 4.90 Å². The number of ether oxygens (including phenoxy) is 1. The molecule has 2 aromatic carbocycles. The number of methoxy groups -OCH3 is 1. The summed E-state index contributed by atoms with van der Waals surface area (Å²) in [6.07, 6.45) is 2.00. The van der Waals surface area contributed by atoms with Crippen molar-refractivity contribution >= 4 is 11.9 Å². The fourth-order valence-corrected chi connectivity index (χ4v) is 3.31. The van der Waals surface area contributed by atoms with E-state index in [4.69, 9.17) is 4.74 Å². The van der Waals surface area contributed by atoms with Crippen molar-refractivity contribution in [2.45, 2.75) is 18.0 Å². The Hall–Kier alpha value is -2.88. The van der Waals surface area contributed by atoms with Crippen LogP contribution in [0.4, 0.5) is 0 Å². The number of rotatable bonds is 5. The van der Waals surface area contributed by atoms with Crippen LogP contribution in [0, 0.1) is 0 Å². The predicted molar refractivity (Wildman–Crippen MR) is 91.4 cm³/mol. The Kier molecular flexibility index (Phi) is 4.21. The average molecular weight is 321 g/mol. The van der Waals surface area contributed by atoms with Crippen molar-refractivity contribution in [3.05, 3.63) is 84.4 Å². The fraction of sp³-hybridized carbons (Fsp3) is 0.200. The molecule has 4 nitrogen and oxygen atoms in total. The zero-order valence-electron chi connectivity index (χ0n) is 13.5. The van der Waals surface area contributed by atoms with E-state index in [0.717, 1.165) is 5.56 Å². The van der Waals surface area contributed by atoms with Crippen molar-refractivity contribution in [2.24, 2.45) is 0 Å². The van der Waals surface area contributed by atoms with E-state index in [1.165, 1.54) is 7.11 Å². The van der Waals surface area contributed by atoms with Gasteiger partial charge in [0.15, 0.2) is 5.54 Å². The Bertz CT molecular complexity index is 757. The van der Waals surface area contributed by atoms with Crippen LogP contribution in [0.15, 0.2) is 73.3 Å². The molecule has 0 unspecified atom stereocenters. The molecule has 0 saturated carbocycles. The zero-order valence-corrected chi connectivity index (χ0v) is 13.5. The number of esters is 1. The highest BCUT2D eigenvalue weighted by Gasteiger charge is 2.70. The third-order valence-corrected chi connectivity index (χ3v) is 4.42. The number of hydrogen-bond donors (Lipinski definition) is 0. The second-order valence-corrected chi connectivity index (χ2v) is 5.76. The Morgan fingerprint density at radius 3 is 2.25 bits per heavy atom. The van der Waals surface area contributed by atoms with Crippen molar-refractivity contribution in [1.29, 1.82) is 0 Å². The maximum absolute atomic E-state index is 13.0. The van der Waals surface area contributed by atoms with Crippen LogP contribution < -0.4 is 0 Å². The van der Waals surface area contributed by atoms with Gasteiger partial charge in [-0.1, -0.05) is 54.6 Å². The van der Waals surface area contributed by atoms with Gasteiger partial charge in [-0.05, 0) is 17.7 Å². The number of carbonyl (C=O) groups is 2. The highest BCUT2D eigenvalue weighted by molar-refractivity contribution is 6.03. The van der Waals surface area contributed by atoms with Crippen molar-refractivity contribution in [2.75, 3.05) is 7.11 Å². The van der Waals surface area contributed by atoms with Crippen LogP contribution in [0.2, 0.25) is 0 Å². The minimum atomic E-state index is -1.02. The normalized spacial score (nSPS) is 21.9. The van der Waals surface area contributed by atoms with E-state index in [1.54, 1.807) is 23.1 Å². The smallest absolute Gasteiger partial charge is 0.334 e. The monoisotopic (exact) mass is 321 g/mol. The first kappa shape index (κ1) is 16.0. The molecule has 1 heterocycles. The minimum Gasteiger partial charge on any atom is -0.467 e. The van der Waals surface area contributed by atoms with Crippen LogP contribution in [-0.4, -0.2) is 29.4 Å². The van der Waals surface area contributed by atoms with Gasteiger partial charge in [0, 0.05) is 12.0 Å². The summed E-state index contributed by atoms with van der Waals surface area (Å²) in [7, 11) is 1.35. The minimum absolute atomic E-state index is 0.184. The summed E-state index contributed by atoms with van der Waals surface area (Å²) < 4.78 is 5.02. The molecule has 3 rings (SSSR count). The summed E-state index contributed by atoms with van der Waals surface area (Å²) in [6, 6.07) is 18.2. The Labute approximate surface area is 141 Å². The summed E-state index contributed by atoms with van der Waals surface area (Å²) in [5.74, 6) is -0.600. The lowest BCUT2D eigenvalue weighted by Crippen LogP contribution is -2.33. The van der Waals surface area contributed by atoms with E-state index < -0.39 is 11.5 Å². The molecule has 4 heteroatoms. The van der Waals surface area contributed by atoms with E-state index in [0.29, 0.717) is 12.0 Å². The van der Waals surface area contributed by atoms with Gasteiger partial charge in [-0.25, -0.2) is 4.79 Å². The quantitative estimate of drug-likeness (QED) is 0.482. The van der Waals surface area contributed by atoms with E-state index in [2.05, 4.69) is 6.58 Å². The van der Waals surface area contributed by atoms with Crippen molar-refractivity contribution < 1.29 is 14.3 Å². The molecule has 0 aromatic heterocycles. The SMILES string of the molecule is C=CC[C@]1(C(=O)OC)[C@H](c2ccccc2)N1C(=O)c1ccccc1. The number of amides is 1. The molecule has 0 N–H and O–H groups in total. The second-order valence-electron chi connectivity index (χ2n) is 5.76. The zero-order chi connectivity index (χ0) is 17.2. The van der Waals surface area contributed by atoms with Crippen molar-refractivity contribution in [3.63, 3.8) is 0 Å². The van der Waals surface area contributed by atoms with Crippen LogP contribution in [0.25, 0.3) is 0 Å². The van der Waals surface area contributed by atoms with Crippen LogP contribution in [0.3, 0.4) is 0 Å². The largest absolute Gasteiger partial charge is 0.467 e. The molecule has 1 aliphatic rings. The molecule has 1 aliphatic heterocycles. The first-order valence-corrected chi connectivity index (χ1v) is 7.79. The first-order chi connectivity index (χ1) is 11.7. The fourth-order valence-electron chi connectivity index (χ4n) is 3.31. The van der Waals surface area contributed by atoms with Gasteiger partial charge in [-0.3, -0.25) is 4.79 Å². The molecule has 0 spiro atoms. The standard InChI is InChI=1S/C20H19NO3/c1-3-14-20(19(23)24-2)17(15-10-6-4-7-11-15)21(20)18(22)16-12-8-5-9-13-16/h3-13,17H,1,14H2,2H3/t17-,20+,21?/m0/s1. The molecule has 2 atom stereocenters. The molecule has 0 radical (unpaired) electrons. The molecule has 1 saturated heterocycles. The number of nitrogens with zero attached hydrogens (tertiary/aromatic N) is 1. The van der Waals surface area contributed by atoms with Crippen LogP contribution in [0.1, 0.15) is 28.4 Å². The predicted octanol–water partition coefficient (Wildman–Crippen LogP) is 3.37. The van der Waals surface area contributed by atoms with Gasteiger partial charge in [0.25, 0.3) is 5.91 Å². The third kappa shape index (κ3) is 2.40. The maximum Gasteiger partial charge on any atom is 0.334 e. The molecule has 2 aromatic rings. The lowest BCUT2D eigenvalue weighted by molar-refractivity contribution is -0.144. The lowest BCUT2D eigenvalue weighted by atomic mass is 9.96. The van der Waals surface area contributed by atoms with Gasteiger partial charge in [-0.2, -0.15) is 0 Å². The maximum atomic E-state index is 13.0. The van der Waals surface area contributed by atoms with E-state index in [1.807, 2.05) is 48.5 Å². The number of carbonyl (C=O) groups excluding carboxylic acids is 2. The van der Waals surface area contributed by atoms with Gasteiger partial charge < -0.3 is 9.64 Å². The summed E-state index contributed by atoms with van der Waals surface area (Å²) in [6.45, 7) is 3.75. The highest BCUT2D eigenvalue weighted by Crippen LogP contribution is 2.57. The summed E-state index contributed by atoms with van der Waals surface area (Å²) in [5.41, 5.74) is 0.437. The first-order valence-electron chi connectivity index (χ1n) is 7.79. The molecule has 24 heavy (non-hydrogen) atoms. The van der Waals surface area contributed by atoms with Crippen LogP contribution >= 0.6 is 0 Å². The van der Waals surface area contributed by atoms with E-state index in [-0.39, 0.29) is 11.9 Å². The van der Waals surface area contributed by atoms with Crippen LogP contribution in [-0.2, 0) is 9.53 Å². The van der Waals surface area contributed by atoms with Gasteiger partial charge >= 0.3 is 5.97 Å². The molecule has 1 amide bonds. The van der Waals surface area contributed by atoms with Gasteiger partial charge in [0.1, 0.15) is 0 Å². The summed E-state index contributed by atoms with van der Waals surface area (Å²) in [5, 5.41) is 0. The second kappa shape index (κ2) is 6.32. The molecule has 122 valence electrons. The Morgan fingerprint density at radius 2 is 1.71 bits per heavy atom. The topological polar surface area (TPSA) is 46.4 Å². The third-order valence-electron chi connectivity index (χ3n) is 4.42. The number of benzene rings is 2. The summed E-state index contributed by atoms with van der Waals surface area (Å²) in [4.78, 5) is 27.1. The van der Waals surface area contributed by atoms with Gasteiger partial charge in [-0.15, -0.1) is 6.58 Å². The summed E-state index contributed by atoms with van der Waals surface area (Å²) >= 11 is 0. The highest BCUT2D eigenvalue weighted by atomic mass is 16.5. The van der Waals surface area contributed by atoms with Crippen molar-refractivity contribution in [3.8, 4) is 0 Å². The Morgan fingerprint density at radius 1 is 1.12 bits per heavy atom. The molecule has 0 aliphatic carbocycles. The Balaban J connectivity index is 2.05. The van der Waals surface area contributed by atoms with Crippen LogP contribution in [0.5, 0.6) is 0 Å².